The summed E-state index contributed by atoms with van der Waals surface area (Å²) < 4.78 is 54.2. The Morgan fingerprint density at radius 2 is 1.76 bits per heavy atom. The van der Waals surface area contributed by atoms with Gasteiger partial charge in [0, 0.05) is 37.1 Å². The number of nitrogens with one attached hydrogen (secondary N) is 3. The lowest BCUT2D eigenvalue weighted by Crippen LogP contribution is -2.42. The molecule has 1 heterocycles. The third-order valence-corrected chi connectivity index (χ3v) is 6.05. The number of alkyl halides is 2. The summed E-state index contributed by atoms with van der Waals surface area (Å²) in [6.07, 6.45) is 0.268. The molecule has 1 saturated carbocycles. The number of halogens is 2. The van der Waals surface area contributed by atoms with Gasteiger partial charge >= 0.3 is 6.03 Å². The minimum absolute atomic E-state index is 0.0452. The van der Waals surface area contributed by atoms with Gasteiger partial charge in [0.1, 0.15) is 12.3 Å². The lowest BCUT2D eigenvalue weighted by Gasteiger charge is -2.27. The maximum Gasteiger partial charge on any atom is 0.319 e. The van der Waals surface area contributed by atoms with E-state index in [1.165, 1.54) is 24.3 Å². The zero-order valence-electron chi connectivity index (χ0n) is 15.5. The smallest absolute Gasteiger partial charge is 0.319 e. The van der Waals surface area contributed by atoms with Crippen molar-refractivity contribution >= 4 is 21.7 Å². The topological polar surface area (TPSA) is 100 Å². The van der Waals surface area contributed by atoms with Crippen LogP contribution < -0.4 is 15.4 Å². The van der Waals surface area contributed by atoms with Crippen molar-refractivity contribution in [2.45, 2.75) is 49.1 Å². The Labute approximate surface area is 168 Å². The SMILES string of the molecule is O=C(NCc1cccnc1)Nc1ccc(S(=O)(=O)NC2CC(F)CC(F)C2)cc1. The molecule has 29 heavy (non-hydrogen) atoms. The average molecular weight is 424 g/mol. The van der Waals surface area contributed by atoms with Crippen molar-refractivity contribution in [1.82, 2.24) is 15.0 Å². The van der Waals surface area contributed by atoms with E-state index in [1.54, 1.807) is 18.5 Å². The van der Waals surface area contributed by atoms with Gasteiger partial charge in [0.2, 0.25) is 10.0 Å². The van der Waals surface area contributed by atoms with Crippen LogP contribution in [0.3, 0.4) is 0 Å². The molecular formula is C19H22F2N4O3S. The molecule has 0 bridgehead atoms. The highest BCUT2D eigenvalue weighted by molar-refractivity contribution is 7.89. The minimum atomic E-state index is -3.92. The number of pyridine rings is 1. The molecule has 0 saturated heterocycles. The largest absolute Gasteiger partial charge is 0.334 e. The van der Waals surface area contributed by atoms with Crippen molar-refractivity contribution in [3.63, 3.8) is 0 Å². The van der Waals surface area contributed by atoms with Gasteiger partial charge in [-0.15, -0.1) is 0 Å². The summed E-state index contributed by atoms with van der Waals surface area (Å²) >= 11 is 0. The van der Waals surface area contributed by atoms with Gasteiger partial charge in [-0.25, -0.2) is 26.7 Å². The van der Waals surface area contributed by atoms with Gasteiger partial charge in [-0.3, -0.25) is 4.98 Å². The fourth-order valence-electron chi connectivity index (χ4n) is 3.15. The van der Waals surface area contributed by atoms with Gasteiger partial charge in [-0.05, 0) is 48.7 Å². The monoisotopic (exact) mass is 424 g/mol. The highest BCUT2D eigenvalue weighted by atomic mass is 32.2. The number of benzene rings is 1. The summed E-state index contributed by atoms with van der Waals surface area (Å²) in [5, 5.41) is 5.26. The Hall–Kier alpha value is -2.59. The van der Waals surface area contributed by atoms with E-state index in [1.807, 2.05) is 6.07 Å². The van der Waals surface area contributed by atoms with Crippen molar-refractivity contribution in [3.05, 3.63) is 54.4 Å². The standard InChI is InChI=1S/C19H22F2N4O3S/c20-14-8-15(21)10-17(9-14)25-29(27,28)18-5-3-16(4-6-18)24-19(26)23-12-13-2-1-7-22-11-13/h1-7,11,14-15,17,25H,8-10,12H2,(H2,23,24,26). The second-order valence-electron chi connectivity index (χ2n) is 6.91. The molecule has 2 unspecified atom stereocenters. The van der Waals surface area contributed by atoms with Crippen LogP contribution in [0.4, 0.5) is 19.3 Å². The van der Waals surface area contributed by atoms with Crippen molar-refractivity contribution in [2.24, 2.45) is 0 Å². The van der Waals surface area contributed by atoms with Crippen LogP contribution in [0.2, 0.25) is 0 Å². The van der Waals surface area contributed by atoms with E-state index in [2.05, 4.69) is 20.3 Å². The molecule has 0 aliphatic heterocycles. The first kappa shape index (κ1) is 21.1. The Balaban J connectivity index is 1.55. The summed E-state index contributed by atoms with van der Waals surface area (Å²) in [5.41, 5.74) is 1.24. The molecule has 1 aliphatic rings. The number of aromatic nitrogens is 1. The van der Waals surface area contributed by atoms with Crippen LogP contribution >= 0.6 is 0 Å². The molecule has 3 N–H and O–H groups in total. The van der Waals surface area contributed by atoms with E-state index in [0.717, 1.165) is 5.56 Å². The molecule has 2 atom stereocenters. The van der Waals surface area contributed by atoms with E-state index >= 15 is 0 Å². The Morgan fingerprint density at radius 1 is 1.07 bits per heavy atom. The molecule has 0 radical (unpaired) electrons. The third kappa shape index (κ3) is 6.20. The number of hydrogen-bond donors (Lipinski definition) is 3. The molecule has 1 aliphatic carbocycles. The van der Waals surface area contributed by atoms with Crippen LogP contribution in [0.15, 0.2) is 53.7 Å². The van der Waals surface area contributed by atoms with Gasteiger partial charge < -0.3 is 10.6 Å². The first-order chi connectivity index (χ1) is 13.8. The highest BCUT2D eigenvalue weighted by Gasteiger charge is 2.31. The summed E-state index contributed by atoms with van der Waals surface area (Å²) in [6, 6.07) is 7.87. The number of sulfonamides is 1. The molecule has 2 amide bonds. The molecule has 0 spiro atoms. The normalized spacial score (nSPS) is 22.1. The zero-order chi connectivity index (χ0) is 20.9. The van der Waals surface area contributed by atoms with Crippen LogP contribution in [0.5, 0.6) is 0 Å². The third-order valence-electron chi connectivity index (χ3n) is 4.51. The summed E-state index contributed by atoms with van der Waals surface area (Å²) in [5.74, 6) is 0. The van der Waals surface area contributed by atoms with Gasteiger partial charge in [0.15, 0.2) is 0 Å². The zero-order valence-corrected chi connectivity index (χ0v) is 16.3. The van der Waals surface area contributed by atoms with Crippen LogP contribution in [0, 0.1) is 0 Å². The summed E-state index contributed by atoms with van der Waals surface area (Å²) in [6.45, 7) is 0.294. The van der Waals surface area contributed by atoms with Gasteiger partial charge in [-0.2, -0.15) is 0 Å². The van der Waals surface area contributed by atoms with Gasteiger partial charge in [-0.1, -0.05) is 6.07 Å². The van der Waals surface area contributed by atoms with Crippen molar-refractivity contribution in [2.75, 3.05) is 5.32 Å². The number of nitrogens with zero attached hydrogens (tertiary/aromatic N) is 1. The average Bonchev–Trinajstić information content (AvgIpc) is 2.66. The van der Waals surface area contributed by atoms with Crippen molar-refractivity contribution in [3.8, 4) is 0 Å². The minimum Gasteiger partial charge on any atom is -0.334 e. The lowest BCUT2D eigenvalue weighted by molar-refractivity contribution is 0.139. The highest BCUT2D eigenvalue weighted by Crippen LogP contribution is 2.25. The number of rotatable bonds is 6. The molecule has 10 heteroatoms. The Bertz CT molecular complexity index is 916. The number of hydrogen-bond acceptors (Lipinski definition) is 4. The van der Waals surface area contributed by atoms with E-state index in [-0.39, 0.29) is 24.2 Å². The second-order valence-corrected chi connectivity index (χ2v) is 8.63. The molecule has 1 aromatic carbocycles. The van der Waals surface area contributed by atoms with E-state index < -0.39 is 34.4 Å². The maximum atomic E-state index is 13.5. The molecule has 7 nitrogen and oxygen atoms in total. The number of carbonyl (C=O) groups excluding carboxylic acids is 1. The number of amides is 2. The molecule has 1 aromatic heterocycles. The van der Waals surface area contributed by atoms with Gasteiger partial charge in [0.05, 0.1) is 4.90 Å². The van der Waals surface area contributed by atoms with E-state index in [4.69, 9.17) is 0 Å². The molecule has 156 valence electrons. The predicted octanol–water partition coefficient (Wildman–Crippen LogP) is 2.91. The number of anilines is 1. The lowest BCUT2D eigenvalue weighted by atomic mass is 9.93. The Kier molecular flexibility index (Phi) is 6.75. The Morgan fingerprint density at radius 3 is 2.38 bits per heavy atom. The number of urea groups is 1. The van der Waals surface area contributed by atoms with E-state index in [9.17, 15) is 22.0 Å². The van der Waals surface area contributed by atoms with Crippen LogP contribution in [0.1, 0.15) is 24.8 Å². The molecule has 2 aromatic rings. The molecule has 1 fully saturated rings. The first-order valence-corrected chi connectivity index (χ1v) is 10.6. The van der Waals surface area contributed by atoms with E-state index in [0.29, 0.717) is 12.2 Å². The summed E-state index contributed by atoms with van der Waals surface area (Å²) in [7, 11) is -3.92. The fourth-order valence-corrected chi connectivity index (χ4v) is 4.41. The maximum absolute atomic E-state index is 13.5. The van der Waals surface area contributed by atoms with Crippen molar-refractivity contribution < 1.29 is 22.0 Å². The molecular weight excluding hydrogens is 402 g/mol. The van der Waals surface area contributed by atoms with Crippen LogP contribution in [-0.4, -0.2) is 37.8 Å². The second kappa shape index (κ2) is 9.27. The fraction of sp³-hybridized carbons (Fsp3) is 0.368. The van der Waals surface area contributed by atoms with Crippen LogP contribution in [0.25, 0.3) is 0 Å². The van der Waals surface area contributed by atoms with Crippen LogP contribution in [-0.2, 0) is 16.6 Å². The van der Waals surface area contributed by atoms with Gasteiger partial charge in [0.25, 0.3) is 0 Å². The molecule has 3 rings (SSSR count). The van der Waals surface area contributed by atoms with Crippen molar-refractivity contribution in [1.29, 1.82) is 0 Å². The first-order valence-electron chi connectivity index (χ1n) is 9.16. The predicted molar refractivity (Wildman–Crippen MR) is 104 cm³/mol. The number of carbonyl (C=O) groups is 1. The summed E-state index contributed by atoms with van der Waals surface area (Å²) in [4.78, 5) is 15.9. The quantitative estimate of drug-likeness (QED) is 0.664.